The van der Waals surface area contributed by atoms with E-state index in [2.05, 4.69) is 21.7 Å². The predicted octanol–water partition coefficient (Wildman–Crippen LogP) is 1.64. The van der Waals surface area contributed by atoms with Gasteiger partial charge in [0.05, 0.1) is 18.2 Å². The first kappa shape index (κ1) is 17.1. The molecule has 0 saturated carbocycles. The van der Waals surface area contributed by atoms with Crippen LogP contribution in [0.2, 0.25) is 0 Å². The molecule has 0 bridgehead atoms. The maximum absolute atomic E-state index is 11.8. The van der Waals surface area contributed by atoms with Gasteiger partial charge in [0.1, 0.15) is 11.6 Å². The number of ether oxygens (including phenoxy) is 1. The number of anilines is 1. The molecule has 0 unspecified atom stereocenters. The van der Waals surface area contributed by atoms with Crippen LogP contribution in [-0.2, 0) is 0 Å². The zero-order valence-electron chi connectivity index (χ0n) is 14.5. The van der Waals surface area contributed by atoms with Gasteiger partial charge in [-0.25, -0.2) is 4.98 Å². The van der Waals surface area contributed by atoms with Gasteiger partial charge in [0, 0.05) is 36.1 Å². The first-order valence-electron chi connectivity index (χ1n) is 8.29. The van der Waals surface area contributed by atoms with Gasteiger partial charge in [-0.05, 0) is 31.9 Å². The maximum atomic E-state index is 11.8. The third kappa shape index (κ3) is 3.24. The van der Waals surface area contributed by atoms with Crippen molar-refractivity contribution in [2.45, 2.75) is 25.8 Å². The smallest absolute Gasteiger partial charge is 0.252 e. The molecule has 25 heavy (non-hydrogen) atoms. The van der Waals surface area contributed by atoms with E-state index in [4.69, 9.17) is 16.2 Å². The molecule has 1 aliphatic heterocycles. The lowest BCUT2D eigenvalue weighted by Crippen LogP contribution is -2.43. The van der Waals surface area contributed by atoms with E-state index in [1.165, 1.54) is 7.11 Å². The van der Waals surface area contributed by atoms with Crippen LogP contribution in [0.4, 0.5) is 5.82 Å². The average Bonchev–Trinajstić information content (AvgIpc) is 2.61. The van der Waals surface area contributed by atoms with E-state index in [1.807, 2.05) is 6.07 Å². The monoisotopic (exact) mass is 338 g/mol. The Morgan fingerprint density at radius 1 is 1.40 bits per heavy atom. The van der Waals surface area contributed by atoms with E-state index in [0.29, 0.717) is 11.3 Å². The molecule has 1 fully saturated rings. The van der Waals surface area contributed by atoms with Crippen molar-refractivity contribution < 1.29 is 9.53 Å². The zero-order chi connectivity index (χ0) is 18.0. The van der Waals surface area contributed by atoms with Gasteiger partial charge in [0.2, 0.25) is 0 Å². The summed E-state index contributed by atoms with van der Waals surface area (Å²) >= 11 is 0. The van der Waals surface area contributed by atoms with Gasteiger partial charge in [-0.15, -0.1) is 5.92 Å². The summed E-state index contributed by atoms with van der Waals surface area (Å²) in [7, 11) is 1.52. The summed E-state index contributed by atoms with van der Waals surface area (Å²) in [6, 6.07) is 3.69. The number of carbonyl (C=O) groups is 1. The van der Waals surface area contributed by atoms with Gasteiger partial charge in [0.25, 0.3) is 5.91 Å². The van der Waals surface area contributed by atoms with Crippen molar-refractivity contribution in [1.29, 1.82) is 0 Å². The number of primary amides is 1. The van der Waals surface area contributed by atoms with Crippen LogP contribution in [0, 0.1) is 11.8 Å². The molecule has 6 heteroatoms. The van der Waals surface area contributed by atoms with Crippen molar-refractivity contribution in [3.63, 3.8) is 0 Å². The SMILES string of the molecule is CC#Cc1cnc(N2CCC[C@H](N)C2)c2cc(OC)c(C(N)=O)cc12. The second-order valence-corrected chi connectivity index (χ2v) is 6.18. The Morgan fingerprint density at radius 2 is 2.20 bits per heavy atom. The Kier molecular flexibility index (Phi) is 4.77. The molecule has 6 nitrogen and oxygen atoms in total. The molecule has 1 amide bonds. The van der Waals surface area contributed by atoms with E-state index in [-0.39, 0.29) is 6.04 Å². The van der Waals surface area contributed by atoms with Crippen molar-refractivity contribution in [1.82, 2.24) is 4.98 Å². The van der Waals surface area contributed by atoms with Crippen LogP contribution in [0.25, 0.3) is 10.8 Å². The molecule has 1 atom stereocenters. The lowest BCUT2D eigenvalue weighted by molar-refractivity contribution is 0.0997. The molecule has 2 heterocycles. The third-order valence-electron chi connectivity index (χ3n) is 4.47. The molecular formula is C19H22N4O2. The van der Waals surface area contributed by atoms with Gasteiger partial charge in [-0.3, -0.25) is 4.79 Å². The highest BCUT2D eigenvalue weighted by molar-refractivity contribution is 6.05. The molecule has 130 valence electrons. The van der Waals surface area contributed by atoms with E-state index in [0.717, 1.165) is 48.1 Å². The van der Waals surface area contributed by atoms with Crippen molar-refractivity contribution in [2.75, 3.05) is 25.1 Å². The molecule has 1 aliphatic rings. The number of benzene rings is 1. The Balaban J connectivity index is 2.26. The zero-order valence-corrected chi connectivity index (χ0v) is 14.5. The second-order valence-electron chi connectivity index (χ2n) is 6.18. The Hall–Kier alpha value is -2.78. The van der Waals surface area contributed by atoms with Crippen molar-refractivity contribution in [2.24, 2.45) is 11.5 Å². The largest absolute Gasteiger partial charge is 0.496 e. The van der Waals surface area contributed by atoms with Crippen molar-refractivity contribution in [3.05, 3.63) is 29.5 Å². The van der Waals surface area contributed by atoms with Gasteiger partial charge in [-0.2, -0.15) is 0 Å². The lowest BCUT2D eigenvalue weighted by Gasteiger charge is -2.32. The summed E-state index contributed by atoms with van der Waals surface area (Å²) in [4.78, 5) is 18.6. The molecule has 0 aliphatic carbocycles. The molecule has 0 spiro atoms. The fourth-order valence-corrected chi connectivity index (χ4v) is 3.30. The molecule has 1 saturated heterocycles. The van der Waals surface area contributed by atoms with E-state index < -0.39 is 5.91 Å². The first-order valence-corrected chi connectivity index (χ1v) is 8.29. The number of piperidine rings is 1. The van der Waals surface area contributed by atoms with E-state index in [9.17, 15) is 4.79 Å². The number of nitrogens with two attached hydrogens (primary N) is 2. The van der Waals surface area contributed by atoms with Crippen LogP contribution >= 0.6 is 0 Å². The van der Waals surface area contributed by atoms with E-state index in [1.54, 1.807) is 19.2 Å². The highest BCUT2D eigenvalue weighted by Gasteiger charge is 2.22. The molecular weight excluding hydrogens is 316 g/mol. The normalized spacial score (nSPS) is 17.1. The first-order chi connectivity index (χ1) is 12.0. The summed E-state index contributed by atoms with van der Waals surface area (Å²) in [6.07, 6.45) is 3.78. The van der Waals surface area contributed by atoms with Crippen LogP contribution < -0.4 is 21.1 Å². The van der Waals surface area contributed by atoms with Crippen molar-refractivity contribution in [3.8, 4) is 17.6 Å². The number of aromatic nitrogens is 1. The Bertz CT molecular complexity index is 882. The number of fused-ring (bicyclic) bond motifs is 1. The van der Waals surface area contributed by atoms with Gasteiger partial charge < -0.3 is 21.1 Å². The quantitative estimate of drug-likeness (QED) is 0.830. The van der Waals surface area contributed by atoms with Crippen LogP contribution in [-0.4, -0.2) is 37.1 Å². The topological polar surface area (TPSA) is 94.5 Å². The number of nitrogens with zero attached hydrogens (tertiary/aromatic N) is 2. The van der Waals surface area contributed by atoms with Crippen LogP contribution in [0.5, 0.6) is 5.75 Å². The van der Waals surface area contributed by atoms with Crippen LogP contribution in [0.3, 0.4) is 0 Å². The average molecular weight is 338 g/mol. The van der Waals surface area contributed by atoms with E-state index >= 15 is 0 Å². The predicted molar refractivity (Wildman–Crippen MR) is 98.8 cm³/mol. The van der Waals surface area contributed by atoms with Gasteiger partial charge in [-0.1, -0.05) is 5.92 Å². The maximum Gasteiger partial charge on any atom is 0.252 e. The molecule has 4 N–H and O–H groups in total. The molecule has 1 aromatic heterocycles. The Morgan fingerprint density at radius 3 is 2.84 bits per heavy atom. The van der Waals surface area contributed by atoms with Crippen molar-refractivity contribution >= 4 is 22.5 Å². The fourth-order valence-electron chi connectivity index (χ4n) is 3.30. The number of hydrogen-bond acceptors (Lipinski definition) is 5. The Labute approximate surface area is 147 Å². The second kappa shape index (κ2) is 6.99. The summed E-state index contributed by atoms with van der Waals surface area (Å²) in [5, 5.41) is 1.73. The number of rotatable bonds is 3. The molecule has 1 aromatic carbocycles. The number of carbonyl (C=O) groups excluding carboxylic acids is 1. The van der Waals surface area contributed by atoms with Crippen LogP contribution in [0.15, 0.2) is 18.3 Å². The van der Waals surface area contributed by atoms with Gasteiger partial charge >= 0.3 is 0 Å². The number of methoxy groups -OCH3 is 1. The molecule has 0 radical (unpaired) electrons. The standard InChI is InChI=1S/C19H22N4O2/c1-3-5-12-10-22-19(23-7-4-6-13(20)11-23)15-9-17(25-2)16(18(21)24)8-14(12)15/h8-10,13H,4,6-7,11,20H2,1-2H3,(H2,21,24)/t13-/m0/s1. The van der Waals surface area contributed by atoms with Gasteiger partial charge in [0.15, 0.2) is 0 Å². The highest BCUT2D eigenvalue weighted by Crippen LogP contribution is 2.34. The number of pyridine rings is 1. The third-order valence-corrected chi connectivity index (χ3v) is 4.47. The minimum absolute atomic E-state index is 0.132. The number of hydrogen-bond donors (Lipinski definition) is 2. The summed E-state index contributed by atoms with van der Waals surface area (Å²) < 4.78 is 5.37. The fraction of sp³-hybridized carbons (Fsp3) is 0.368. The minimum atomic E-state index is -0.535. The molecule has 3 rings (SSSR count). The highest BCUT2D eigenvalue weighted by atomic mass is 16.5. The summed E-state index contributed by atoms with van der Waals surface area (Å²) in [5.41, 5.74) is 12.7. The lowest BCUT2D eigenvalue weighted by atomic mass is 10.0. The molecule has 2 aromatic rings. The minimum Gasteiger partial charge on any atom is -0.496 e. The summed E-state index contributed by atoms with van der Waals surface area (Å²) in [6.45, 7) is 3.41. The summed E-state index contributed by atoms with van der Waals surface area (Å²) in [5.74, 6) is 6.67. The number of amides is 1. The van der Waals surface area contributed by atoms with Crippen LogP contribution in [0.1, 0.15) is 35.7 Å².